The second-order valence-corrected chi connectivity index (χ2v) is 3.45. The summed E-state index contributed by atoms with van der Waals surface area (Å²) >= 11 is 0. The smallest absolute Gasteiger partial charge is 0.306 e. The maximum absolute atomic E-state index is 10.6. The predicted molar refractivity (Wildman–Crippen MR) is 54.1 cm³/mol. The van der Waals surface area contributed by atoms with E-state index >= 15 is 0 Å². The average Bonchev–Trinajstić information content (AvgIpc) is 2.19. The molecule has 0 aliphatic carbocycles. The number of hydrogen-bond acceptors (Lipinski definition) is 2. The summed E-state index contributed by atoms with van der Waals surface area (Å²) in [6, 6.07) is 3.90. The van der Waals surface area contributed by atoms with Gasteiger partial charge in [-0.25, -0.2) is 0 Å². The minimum atomic E-state index is -0.760. The highest BCUT2D eigenvalue weighted by molar-refractivity contribution is 5.69. The summed E-state index contributed by atoms with van der Waals surface area (Å²) in [6.45, 7) is 3.75. The van der Waals surface area contributed by atoms with Crippen LogP contribution in [0, 0.1) is 5.92 Å². The summed E-state index contributed by atoms with van der Waals surface area (Å²) in [5.74, 6) is -1.10. The molecule has 0 saturated heterocycles. The zero-order chi connectivity index (χ0) is 10.6. The van der Waals surface area contributed by atoms with Gasteiger partial charge in [-0.3, -0.25) is 9.78 Å². The molecule has 0 aromatic carbocycles. The number of carboxylic acid groups (broad SMARTS) is 1. The second kappa shape index (κ2) is 4.74. The molecule has 14 heavy (non-hydrogen) atoms. The molecule has 0 fully saturated rings. The van der Waals surface area contributed by atoms with Gasteiger partial charge in [0.15, 0.2) is 0 Å². The van der Waals surface area contributed by atoms with Gasteiger partial charge in [-0.15, -0.1) is 0 Å². The summed E-state index contributed by atoms with van der Waals surface area (Å²) in [5.41, 5.74) is 2.02. The van der Waals surface area contributed by atoms with Gasteiger partial charge in [0.2, 0.25) is 0 Å². The molecule has 0 saturated carbocycles. The highest BCUT2D eigenvalue weighted by Crippen LogP contribution is 2.08. The molecule has 1 heterocycles. The number of carbonyl (C=O) groups is 1. The van der Waals surface area contributed by atoms with Crippen LogP contribution in [0.3, 0.4) is 0 Å². The van der Waals surface area contributed by atoms with E-state index in [0.29, 0.717) is 6.42 Å². The van der Waals surface area contributed by atoms with Crippen LogP contribution in [0.5, 0.6) is 0 Å². The molecule has 1 atom stereocenters. The molecular formula is C11H15NO2. The van der Waals surface area contributed by atoms with E-state index in [4.69, 9.17) is 5.11 Å². The third-order valence-electron chi connectivity index (χ3n) is 2.21. The van der Waals surface area contributed by atoms with Crippen molar-refractivity contribution in [3.63, 3.8) is 0 Å². The predicted octanol–water partition coefficient (Wildman–Crippen LogP) is 1.91. The van der Waals surface area contributed by atoms with Crippen molar-refractivity contribution in [2.24, 2.45) is 5.92 Å². The zero-order valence-electron chi connectivity index (χ0n) is 8.53. The van der Waals surface area contributed by atoms with Gasteiger partial charge in [0.25, 0.3) is 0 Å². The van der Waals surface area contributed by atoms with Crippen molar-refractivity contribution in [1.29, 1.82) is 0 Å². The van der Waals surface area contributed by atoms with Crippen molar-refractivity contribution in [1.82, 2.24) is 4.98 Å². The number of pyridine rings is 1. The minimum absolute atomic E-state index is 0.343. The first-order chi connectivity index (χ1) is 6.63. The van der Waals surface area contributed by atoms with Gasteiger partial charge < -0.3 is 5.11 Å². The van der Waals surface area contributed by atoms with Crippen LogP contribution >= 0.6 is 0 Å². The summed E-state index contributed by atoms with van der Waals surface area (Å²) in [7, 11) is 0. The second-order valence-electron chi connectivity index (χ2n) is 3.45. The van der Waals surface area contributed by atoms with Crippen molar-refractivity contribution >= 4 is 5.97 Å². The molecule has 0 bridgehead atoms. The zero-order valence-corrected chi connectivity index (χ0v) is 8.53. The van der Waals surface area contributed by atoms with Crippen LogP contribution in [-0.2, 0) is 17.6 Å². The van der Waals surface area contributed by atoms with Crippen LogP contribution in [0.2, 0.25) is 0 Å². The number of aromatic nitrogens is 1. The topological polar surface area (TPSA) is 50.2 Å². The number of aliphatic carboxylic acids is 1. The lowest BCUT2D eigenvalue weighted by Crippen LogP contribution is -2.12. The molecule has 0 aliphatic heterocycles. The van der Waals surface area contributed by atoms with Gasteiger partial charge >= 0.3 is 5.97 Å². The molecule has 1 unspecified atom stereocenters. The van der Waals surface area contributed by atoms with Gasteiger partial charge in [0.05, 0.1) is 5.92 Å². The largest absolute Gasteiger partial charge is 0.481 e. The lowest BCUT2D eigenvalue weighted by atomic mass is 10.0. The molecule has 0 amide bonds. The number of rotatable bonds is 4. The van der Waals surface area contributed by atoms with E-state index in [1.807, 2.05) is 19.1 Å². The van der Waals surface area contributed by atoms with Gasteiger partial charge in [-0.2, -0.15) is 0 Å². The first-order valence-electron chi connectivity index (χ1n) is 4.80. The first kappa shape index (κ1) is 10.7. The lowest BCUT2D eigenvalue weighted by molar-refractivity contribution is -0.141. The molecule has 1 aromatic heterocycles. The Balaban J connectivity index is 2.64. The van der Waals surface area contributed by atoms with E-state index in [-0.39, 0.29) is 5.92 Å². The monoisotopic (exact) mass is 193 g/mol. The SMILES string of the molecule is CCc1ccc(CC(C)C(=O)O)cn1. The molecular weight excluding hydrogens is 178 g/mol. The molecule has 1 aromatic rings. The molecule has 1 rings (SSSR count). The van der Waals surface area contributed by atoms with Crippen molar-refractivity contribution in [2.45, 2.75) is 26.7 Å². The fourth-order valence-electron chi connectivity index (χ4n) is 1.23. The number of aryl methyl sites for hydroxylation is 1. The number of carboxylic acids is 1. The Morgan fingerprint density at radius 2 is 2.29 bits per heavy atom. The molecule has 0 spiro atoms. The molecule has 76 valence electrons. The first-order valence-corrected chi connectivity index (χ1v) is 4.80. The highest BCUT2D eigenvalue weighted by Gasteiger charge is 2.11. The van der Waals surface area contributed by atoms with E-state index in [2.05, 4.69) is 4.98 Å². The lowest BCUT2D eigenvalue weighted by Gasteiger charge is -2.05. The van der Waals surface area contributed by atoms with Crippen LogP contribution < -0.4 is 0 Å². The van der Waals surface area contributed by atoms with E-state index < -0.39 is 5.97 Å². The Hall–Kier alpha value is -1.38. The van der Waals surface area contributed by atoms with Crippen molar-refractivity contribution in [3.8, 4) is 0 Å². The minimum Gasteiger partial charge on any atom is -0.481 e. The highest BCUT2D eigenvalue weighted by atomic mass is 16.4. The average molecular weight is 193 g/mol. The van der Waals surface area contributed by atoms with Gasteiger partial charge in [-0.1, -0.05) is 19.9 Å². The van der Waals surface area contributed by atoms with Crippen LogP contribution in [0.4, 0.5) is 0 Å². The summed E-state index contributed by atoms with van der Waals surface area (Å²) in [6.07, 6.45) is 3.22. The normalized spacial score (nSPS) is 12.4. The van der Waals surface area contributed by atoms with Gasteiger partial charge in [0, 0.05) is 11.9 Å². The van der Waals surface area contributed by atoms with Crippen molar-refractivity contribution in [3.05, 3.63) is 29.6 Å². The summed E-state index contributed by atoms with van der Waals surface area (Å²) < 4.78 is 0. The fraction of sp³-hybridized carbons (Fsp3) is 0.455. The molecule has 1 N–H and O–H groups in total. The Kier molecular flexibility index (Phi) is 3.63. The Morgan fingerprint density at radius 3 is 2.71 bits per heavy atom. The van der Waals surface area contributed by atoms with E-state index in [0.717, 1.165) is 17.7 Å². The standard InChI is InChI=1S/C11H15NO2/c1-3-10-5-4-9(7-12-10)6-8(2)11(13)14/h4-5,7-8H,3,6H2,1-2H3,(H,13,14). The van der Waals surface area contributed by atoms with E-state index in [9.17, 15) is 4.79 Å². The summed E-state index contributed by atoms with van der Waals surface area (Å²) in [4.78, 5) is 14.8. The quantitative estimate of drug-likeness (QED) is 0.794. The van der Waals surface area contributed by atoms with Crippen molar-refractivity contribution in [2.75, 3.05) is 0 Å². The molecule has 0 radical (unpaired) electrons. The van der Waals surface area contributed by atoms with Crippen LogP contribution in [0.15, 0.2) is 18.3 Å². The van der Waals surface area contributed by atoms with E-state index in [1.54, 1.807) is 13.1 Å². The van der Waals surface area contributed by atoms with Crippen LogP contribution in [0.1, 0.15) is 25.1 Å². The maximum atomic E-state index is 10.6. The summed E-state index contributed by atoms with van der Waals surface area (Å²) in [5, 5.41) is 8.72. The Bertz CT molecular complexity index is 306. The molecule has 0 aliphatic rings. The van der Waals surface area contributed by atoms with E-state index in [1.165, 1.54) is 0 Å². The third kappa shape index (κ3) is 2.83. The maximum Gasteiger partial charge on any atom is 0.306 e. The third-order valence-corrected chi connectivity index (χ3v) is 2.21. The van der Waals surface area contributed by atoms with Crippen LogP contribution in [0.25, 0.3) is 0 Å². The number of hydrogen-bond donors (Lipinski definition) is 1. The van der Waals surface area contributed by atoms with Crippen LogP contribution in [-0.4, -0.2) is 16.1 Å². The van der Waals surface area contributed by atoms with Crippen molar-refractivity contribution < 1.29 is 9.90 Å². The van der Waals surface area contributed by atoms with Gasteiger partial charge in [-0.05, 0) is 24.5 Å². The molecule has 3 heteroatoms. The fourth-order valence-corrected chi connectivity index (χ4v) is 1.23. The van der Waals surface area contributed by atoms with Gasteiger partial charge in [0.1, 0.15) is 0 Å². The Labute approximate surface area is 83.8 Å². The number of nitrogens with zero attached hydrogens (tertiary/aromatic N) is 1. The molecule has 3 nitrogen and oxygen atoms in total. The Morgan fingerprint density at radius 1 is 1.57 bits per heavy atom.